The lowest BCUT2D eigenvalue weighted by Crippen LogP contribution is -2.58. The average Bonchev–Trinajstić information content (AvgIpc) is 3.02. The molecule has 7 nitrogen and oxygen atoms in total. The summed E-state index contributed by atoms with van der Waals surface area (Å²) in [6, 6.07) is 14.0. The first kappa shape index (κ1) is 19.6. The molecule has 1 amide bonds. The monoisotopic (exact) mass is 393 g/mol. The minimum absolute atomic E-state index is 0.157. The predicted octanol–water partition coefficient (Wildman–Crippen LogP) is 1.56. The number of hydrogen-bond acceptors (Lipinski definition) is 5. The fraction of sp³-hybridized carbons (Fsp3) is 0.500. The Morgan fingerprint density at radius 3 is 2.79 bits per heavy atom. The van der Waals surface area contributed by atoms with Crippen LogP contribution in [0, 0.1) is 11.3 Å². The van der Waals surface area contributed by atoms with Crippen LogP contribution in [0.3, 0.4) is 0 Å². The van der Waals surface area contributed by atoms with Gasteiger partial charge in [-0.3, -0.25) is 14.4 Å². The molecule has 4 rings (SSSR count). The number of piperidine rings is 1. The molecule has 0 bridgehead atoms. The summed E-state index contributed by atoms with van der Waals surface area (Å²) in [5, 5.41) is 24.6. The molecule has 1 saturated heterocycles. The SMILES string of the molecule is N#Cc1cc2n(n1)CCCN(C[C@]1(O)CCCN(CCc3ccccc3)C1=O)C2. The highest BCUT2D eigenvalue weighted by molar-refractivity contribution is 5.86. The van der Waals surface area contributed by atoms with Crippen molar-refractivity contribution in [3.8, 4) is 6.07 Å². The molecule has 0 unspecified atom stereocenters. The Morgan fingerprint density at radius 2 is 2.00 bits per heavy atom. The first-order chi connectivity index (χ1) is 14.1. The van der Waals surface area contributed by atoms with E-state index in [1.165, 1.54) is 5.56 Å². The van der Waals surface area contributed by atoms with Crippen molar-refractivity contribution >= 4 is 5.91 Å². The van der Waals surface area contributed by atoms with Crippen LogP contribution in [0.4, 0.5) is 0 Å². The molecular formula is C22H27N5O2. The van der Waals surface area contributed by atoms with Crippen molar-refractivity contribution in [2.75, 3.05) is 26.2 Å². The van der Waals surface area contributed by atoms with Crippen molar-refractivity contribution in [2.45, 2.75) is 44.4 Å². The predicted molar refractivity (Wildman–Crippen MR) is 108 cm³/mol. The van der Waals surface area contributed by atoms with Gasteiger partial charge in [0.15, 0.2) is 11.3 Å². The summed E-state index contributed by atoms with van der Waals surface area (Å²) in [4.78, 5) is 17.0. The van der Waals surface area contributed by atoms with E-state index >= 15 is 0 Å². The highest BCUT2D eigenvalue weighted by Crippen LogP contribution is 2.26. The van der Waals surface area contributed by atoms with Crippen LogP contribution < -0.4 is 0 Å². The molecule has 1 aromatic carbocycles. The number of aromatic nitrogens is 2. The number of benzene rings is 1. The van der Waals surface area contributed by atoms with Crippen LogP contribution in [0.5, 0.6) is 0 Å². The van der Waals surface area contributed by atoms with Gasteiger partial charge in [-0.15, -0.1) is 0 Å². The van der Waals surface area contributed by atoms with Gasteiger partial charge >= 0.3 is 0 Å². The van der Waals surface area contributed by atoms with Gasteiger partial charge in [0.25, 0.3) is 5.91 Å². The number of aliphatic hydroxyl groups is 1. The van der Waals surface area contributed by atoms with E-state index < -0.39 is 5.60 Å². The lowest BCUT2D eigenvalue weighted by Gasteiger charge is -2.40. The first-order valence-corrected chi connectivity index (χ1v) is 10.3. The van der Waals surface area contributed by atoms with Gasteiger partial charge in [-0.2, -0.15) is 10.4 Å². The Balaban J connectivity index is 1.41. The summed E-state index contributed by atoms with van der Waals surface area (Å²) >= 11 is 0. The van der Waals surface area contributed by atoms with Crippen LogP contribution in [-0.4, -0.2) is 62.4 Å². The Bertz CT molecular complexity index is 904. The number of amides is 1. The molecule has 3 heterocycles. The molecule has 1 N–H and O–H groups in total. The number of rotatable bonds is 5. The van der Waals surface area contributed by atoms with Crippen LogP contribution in [-0.2, 0) is 24.3 Å². The third-order valence-corrected chi connectivity index (χ3v) is 5.91. The molecule has 1 fully saturated rings. The largest absolute Gasteiger partial charge is 0.379 e. The van der Waals surface area contributed by atoms with Crippen LogP contribution in [0.1, 0.15) is 36.2 Å². The molecule has 0 saturated carbocycles. The van der Waals surface area contributed by atoms with Gasteiger partial charge in [0.2, 0.25) is 0 Å². The fourth-order valence-electron chi connectivity index (χ4n) is 4.42. The van der Waals surface area contributed by atoms with E-state index in [-0.39, 0.29) is 5.91 Å². The zero-order chi connectivity index (χ0) is 20.3. The minimum atomic E-state index is -1.35. The Labute approximate surface area is 171 Å². The van der Waals surface area contributed by atoms with Gasteiger partial charge in [0.1, 0.15) is 6.07 Å². The number of carbonyl (C=O) groups excluding carboxylic acids is 1. The second kappa shape index (κ2) is 8.36. The van der Waals surface area contributed by atoms with Crippen molar-refractivity contribution in [3.63, 3.8) is 0 Å². The molecule has 29 heavy (non-hydrogen) atoms. The van der Waals surface area contributed by atoms with E-state index in [1.54, 1.807) is 6.07 Å². The summed E-state index contributed by atoms with van der Waals surface area (Å²) < 4.78 is 1.87. The fourth-order valence-corrected chi connectivity index (χ4v) is 4.42. The topological polar surface area (TPSA) is 85.4 Å². The highest BCUT2D eigenvalue weighted by atomic mass is 16.3. The van der Waals surface area contributed by atoms with Gasteiger partial charge in [-0.1, -0.05) is 30.3 Å². The molecule has 1 atom stereocenters. The number of fused-ring (bicyclic) bond motifs is 1. The number of hydrogen-bond donors (Lipinski definition) is 1. The number of nitrogens with zero attached hydrogens (tertiary/aromatic N) is 5. The normalized spacial score (nSPS) is 22.8. The number of aryl methyl sites for hydroxylation is 1. The molecular weight excluding hydrogens is 366 g/mol. The minimum Gasteiger partial charge on any atom is -0.379 e. The zero-order valence-electron chi connectivity index (χ0n) is 16.6. The van der Waals surface area contributed by atoms with Crippen molar-refractivity contribution < 1.29 is 9.90 Å². The van der Waals surface area contributed by atoms with Crippen molar-refractivity contribution in [1.82, 2.24) is 19.6 Å². The summed E-state index contributed by atoms with van der Waals surface area (Å²) in [6.45, 7) is 3.79. The Morgan fingerprint density at radius 1 is 1.17 bits per heavy atom. The molecule has 2 aliphatic rings. The molecule has 152 valence electrons. The van der Waals surface area contributed by atoms with E-state index in [0.29, 0.717) is 38.3 Å². The zero-order valence-corrected chi connectivity index (χ0v) is 16.6. The first-order valence-electron chi connectivity index (χ1n) is 10.3. The third kappa shape index (κ3) is 4.34. The van der Waals surface area contributed by atoms with Gasteiger partial charge in [0, 0.05) is 39.3 Å². The van der Waals surface area contributed by atoms with Crippen LogP contribution in [0.2, 0.25) is 0 Å². The van der Waals surface area contributed by atoms with E-state index in [0.717, 1.165) is 38.0 Å². The smallest absolute Gasteiger partial charge is 0.255 e. The van der Waals surface area contributed by atoms with E-state index in [9.17, 15) is 9.90 Å². The van der Waals surface area contributed by atoms with Gasteiger partial charge in [-0.05, 0) is 37.3 Å². The van der Waals surface area contributed by atoms with E-state index in [1.807, 2.05) is 27.8 Å². The van der Waals surface area contributed by atoms with Crippen molar-refractivity contribution in [1.29, 1.82) is 5.26 Å². The quantitative estimate of drug-likeness (QED) is 0.833. The summed E-state index contributed by atoms with van der Waals surface area (Å²) in [5.74, 6) is -0.157. The van der Waals surface area contributed by atoms with Crippen LogP contribution in [0.15, 0.2) is 36.4 Å². The molecule has 2 aliphatic heterocycles. The number of likely N-dealkylation sites (tertiary alicyclic amines) is 1. The number of carbonyl (C=O) groups is 1. The molecule has 0 radical (unpaired) electrons. The summed E-state index contributed by atoms with van der Waals surface area (Å²) in [6.07, 6.45) is 2.97. The molecule has 0 spiro atoms. The summed E-state index contributed by atoms with van der Waals surface area (Å²) in [5.41, 5.74) is 1.24. The lowest BCUT2D eigenvalue weighted by molar-refractivity contribution is -0.159. The van der Waals surface area contributed by atoms with Crippen LogP contribution >= 0.6 is 0 Å². The third-order valence-electron chi connectivity index (χ3n) is 5.91. The Hall–Kier alpha value is -2.69. The maximum Gasteiger partial charge on any atom is 0.255 e. The maximum absolute atomic E-state index is 13.1. The van der Waals surface area contributed by atoms with E-state index in [4.69, 9.17) is 5.26 Å². The van der Waals surface area contributed by atoms with Gasteiger partial charge in [-0.25, -0.2) is 0 Å². The second-order valence-electron chi connectivity index (χ2n) is 8.08. The van der Waals surface area contributed by atoms with Gasteiger partial charge < -0.3 is 10.0 Å². The van der Waals surface area contributed by atoms with E-state index in [2.05, 4.69) is 28.2 Å². The van der Waals surface area contributed by atoms with Crippen LogP contribution in [0.25, 0.3) is 0 Å². The van der Waals surface area contributed by atoms with Gasteiger partial charge in [0.05, 0.1) is 5.69 Å². The van der Waals surface area contributed by atoms with Crippen molar-refractivity contribution in [3.05, 3.63) is 53.3 Å². The second-order valence-corrected chi connectivity index (χ2v) is 8.08. The molecule has 1 aromatic heterocycles. The highest BCUT2D eigenvalue weighted by Gasteiger charge is 2.43. The maximum atomic E-state index is 13.1. The number of β-amino-alcohol motifs (C(OH)–C–C–N with tert-alkyl or cyclic N) is 1. The Kier molecular flexibility index (Phi) is 5.65. The standard InChI is InChI=1S/C22H27N5O2/c23-15-19-14-20-16-25(10-5-12-27(20)24-19)17-22(29)9-4-11-26(21(22)28)13-8-18-6-2-1-3-7-18/h1-3,6-7,14,29H,4-5,8-13,16-17H2/t22-/m1/s1. The molecule has 7 heteroatoms. The molecule has 0 aliphatic carbocycles. The van der Waals surface area contributed by atoms with Crippen molar-refractivity contribution in [2.24, 2.45) is 0 Å². The number of nitriles is 1. The molecule has 2 aromatic rings. The lowest BCUT2D eigenvalue weighted by atomic mass is 9.90. The summed E-state index contributed by atoms with van der Waals surface area (Å²) in [7, 11) is 0. The average molecular weight is 393 g/mol.